The predicted octanol–water partition coefficient (Wildman–Crippen LogP) is 2.09. The maximum Gasteiger partial charge on any atom is 0.324 e. The molecule has 0 spiro atoms. The number of hydrogen-bond donors (Lipinski definition) is 1. The van der Waals surface area contributed by atoms with Crippen LogP contribution in [0.1, 0.15) is 18.2 Å². The van der Waals surface area contributed by atoms with Crippen LogP contribution < -0.4 is 5.32 Å². The van der Waals surface area contributed by atoms with Gasteiger partial charge in [0.1, 0.15) is 0 Å². The van der Waals surface area contributed by atoms with Crippen LogP contribution in [0, 0.1) is 16.0 Å². The van der Waals surface area contributed by atoms with Gasteiger partial charge < -0.3 is 10.2 Å². The molecule has 1 aromatic heterocycles. The molecule has 0 saturated carbocycles. The lowest BCUT2D eigenvalue weighted by atomic mass is 10.1. The molecule has 0 aromatic carbocycles. The Balaban J connectivity index is 1.70. The van der Waals surface area contributed by atoms with Crippen LogP contribution in [-0.2, 0) is 6.54 Å². The number of nitrogens with zero attached hydrogens (tertiary/aromatic N) is 2. The summed E-state index contributed by atoms with van der Waals surface area (Å²) in [7, 11) is 0. The SMILES string of the molecule is CCN1CCC(CNCc2ccc([N+](=O)[O-])s2)C1. The van der Waals surface area contributed by atoms with Gasteiger partial charge in [0.25, 0.3) is 0 Å². The molecule has 1 aromatic rings. The molecule has 100 valence electrons. The molecule has 0 bridgehead atoms. The van der Waals surface area contributed by atoms with E-state index in [-0.39, 0.29) is 9.92 Å². The molecular formula is C12H19N3O2S. The third kappa shape index (κ3) is 3.51. The number of hydrogen-bond acceptors (Lipinski definition) is 5. The average Bonchev–Trinajstić information content (AvgIpc) is 2.97. The van der Waals surface area contributed by atoms with Crippen LogP contribution in [0.4, 0.5) is 5.00 Å². The molecule has 1 fully saturated rings. The Labute approximate surface area is 111 Å². The van der Waals surface area contributed by atoms with E-state index in [1.807, 2.05) is 6.07 Å². The van der Waals surface area contributed by atoms with Gasteiger partial charge in [-0.1, -0.05) is 18.3 Å². The average molecular weight is 269 g/mol. The quantitative estimate of drug-likeness (QED) is 0.634. The summed E-state index contributed by atoms with van der Waals surface area (Å²) in [6.07, 6.45) is 1.26. The van der Waals surface area contributed by atoms with Crippen molar-refractivity contribution in [2.75, 3.05) is 26.2 Å². The molecule has 0 amide bonds. The maximum absolute atomic E-state index is 10.6. The van der Waals surface area contributed by atoms with Gasteiger partial charge in [0.05, 0.1) is 4.92 Å². The van der Waals surface area contributed by atoms with E-state index >= 15 is 0 Å². The largest absolute Gasteiger partial charge is 0.324 e. The maximum atomic E-state index is 10.6. The van der Waals surface area contributed by atoms with E-state index in [2.05, 4.69) is 17.1 Å². The van der Waals surface area contributed by atoms with Crippen LogP contribution in [-0.4, -0.2) is 36.0 Å². The summed E-state index contributed by atoms with van der Waals surface area (Å²) >= 11 is 1.26. The monoisotopic (exact) mass is 269 g/mol. The summed E-state index contributed by atoms with van der Waals surface area (Å²) in [5, 5.41) is 14.2. The van der Waals surface area contributed by atoms with Gasteiger partial charge in [-0.05, 0) is 38.0 Å². The highest BCUT2D eigenvalue weighted by atomic mass is 32.1. The Morgan fingerprint density at radius 2 is 2.44 bits per heavy atom. The van der Waals surface area contributed by atoms with Crippen molar-refractivity contribution in [2.45, 2.75) is 19.9 Å². The molecular weight excluding hydrogens is 250 g/mol. The lowest BCUT2D eigenvalue weighted by molar-refractivity contribution is -0.380. The summed E-state index contributed by atoms with van der Waals surface area (Å²) in [6.45, 7) is 7.44. The van der Waals surface area contributed by atoms with Crippen molar-refractivity contribution in [1.82, 2.24) is 10.2 Å². The van der Waals surface area contributed by atoms with Crippen molar-refractivity contribution in [3.63, 3.8) is 0 Å². The molecule has 1 aliphatic rings. The fourth-order valence-corrected chi connectivity index (χ4v) is 3.12. The Morgan fingerprint density at radius 3 is 3.06 bits per heavy atom. The summed E-state index contributed by atoms with van der Waals surface area (Å²) in [5.41, 5.74) is 0. The molecule has 1 atom stereocenters. The smallest absolute Gasteiger partial charge is 0.312 e. The highest BCUT2D eigenvalue weighted by molar-refractivity contribution is 7.15. The second-order valence-corrected chi connectivity index (χ2v) is 5.82. The summed E-state index contributed by atoms with van der Waals surface area (Å²) < 4.78 is 0. The minimum atomic E-state index is -0.329. The van der Waals surface area contributed by atoms with Gasteiger partial charge in [-0.2, -0.15) is 0 Å². The van der Waals surface area contributed by atoms with Crippen molar-refractivity contribution in [2.24, 2.45) is 5.92 Å². The van der Waals surface area contributed by atoms with E-state index in [1.54, 1.807) is 6.07 Å². The highest BCUT2D eigenvalue weighted by Gasteiger charge is 2.20. The van der Waals surface area contributed by atoms with Gasteiger partial charge in [-0.25, -0.2) is 0 Å². The van der Waals surface area contributed by atoms with Gasteiger partial charge in [0.2, 0.25) is 0 Å². The van der Waals surface area contributed by atoms with Gasteiger partial charge in [-0.3, -0.25) is 10.1 Å². The number of thiophene rings is 1. The number of nitro groups is 1. The van der Waals surface area contributed by atoms with Crippen molar-refractivity contribution < 1.29 is 4.92 Å². The van der Waals surface area contributed by atoms with Crippen molar-refractivity contribution in [1.29, 1.82) is 0 Å². The summed E-state index contributed by atoms with van der Waals surface area (Å²) in [5.74, 6) is 0.722. The lowest BCUT2D eigenvalue weighted by Gasteiger charge is -2.13. The lowest BCUT2D eigenvalue weighted by Crippen LogP contribution is -2.25. The number of likely N-dealkylation sites (tertiary alicyclic amines) is 1. The first kappa shape index (κ1) is 13.5. The molecule has 1 aliphatic heterocycles. The molecule has 0 radical (unpaired) electrons. The molecule has 1 unspecified atom stereocenters. The van der Waals surface area contributed by atoms with E-state index in [1.165, 1.54) is 30.8 Å². The van der Waals surface area contributed by atoms with E-state index in [0.717, 1.165) is 30.4 Å². The van der Waals surface area contributed by atoms with Gasteiger partial charge >= 0.3 is 5.00 Å². The number of nitrogens with one attached hydrogen (secondary N) is 1. The zero-order chi connectivity index (χ0) is 13.0. The normalized spacial score (nSPS) is 20.4. The second-order valence-electron chi connectivity index (χ2n) is 4.68. The molecule has 6 heteroatoms. The first-order chi connectivity index (χ1) is 8.69. The van der Waals surface area contributed by atoms with Crippen LogP contribution in [0.3, 0.4) is 0 Å². The van der Waals surface area contributed by atoms with Crippen molar-refractivity contribution in [3.05, 3.63) is 27.1 Å². The highest BCUT2D eigenvalue weighted by Crippen LogP contribution is 2.23. The van der Waals surface area contributed by atoms with Gasteiger partial charge in [0, 0.05) is 24.0 Å². The van der Waals surface area contributed by atoms with Gasteiger partial charge in [0.15, 0.2) is 0 Å². The topological polar surface area (TPSA) is 58.4 Å². The molecule has 2 heterocycles. The Hall–Kier alpha value is -0.980. The molecule has 5 nitrogen and oxygen atoms in total. The van der Waals surface area contributed by atoms with E-state index in [4.69, 9.17) is 0 Å². The molecule has 18 heavy (non-hydrogen) atoms. The van der Waals surface area contributed by atoms with Crippen LogP contribution in [0.15, 0.2) is 12.1 Å². The summed E-state index contributed by atoms with van der Waals surface area (Å²) in [4.78, 5) is 13.7. The molecule has 2 rings (SSSR count). The third-order valence-electron chi connectivity index (χ3n) is 3.38. The minimum Gasteiger partial charge on any atom is -0.312 e. The molecule has 1 saturated heterocycles. The van der Waals surface area contributed by atoms with Crippen molar-refractivity contribution in [3.8, 4) is 0 Å². The van der Waals surface area contributed by atoms with E-state index in [9.17, 15) is 10.1 Å². The van der Waals surface area contributed by atoms with E-state index < -0.39 is 0 Å². The van der Waals surface area contributed by atoms with Gasteiger partial charge in [-0.15, -0.1) is 0 Å². The van der Waals surface area contributed by atoms with Crippen LogP contribution in [0.2, 0.25) is 0 Å². The fourth-order valence-electron chi connectivity index (χ4n) is 2.33. The molecule has 0 aliphatic carbocycles. The van der Waals surface area contributed by atoms with Crippen LogP contribution >= 0.6 is 11.3 Å². The standard InChI is InChI=1S/C12H19N3O2S/c1-2-14-6-5-10(9-14)7-13-8-11-3-4-12(18-11)15(16)17/h3-4,10,13H,2,5-9H2,1H3. The van der Waals surface area contributed by atoms with Crippen molar-refractivity contribution >= 4 is 16.3 Å². The van der Waals surface area contributed by atoms with E-state index in [0.29, 0.717) is 0 Å². The second kappa shape index (κ2) is 6.26. The molecule has 1 N–H and O–H groups in total. The predicted molar refractivity (Wildman–Crippen MR) is 72.9 cm³/mol. The Kier molecular flexibility index (Phi) is 4.68. The zero-order valence-electron chi connectivity index (χ0n) is 10.6. The third-order valence-corrected chi connectivity index (χ3v) is 4.41. The minimum absolute atomic E-state index is 0.227. The Morgan fingerprint density at radius 1 is 1.61 bits per heavy atom. The Bertz CT molecular complexity index is 408. The first-order valence-electron chi connectivity index (χ1n) is 6.35. The van der Waals surface area contributed by atoms with Crippen LogP contribution in [0.5, 0.6) is 0 Å². The fraction of sp³-hybridized carbons (Fsp3) is 0.667. The van der Waals surface area contributed by atoms with Crippen LogP contribution in [0.25, 0.3) is 0 Å². The summed E-state index contributed by atoms with van der Waals surface area (Å²) in [6, 6.07) is 3.42. The first-order valence-corrected chi connectivity index (χ1v) is 7.17. The number of rotatable bonds is 6. The zero-order valence-corrected chi connectivity index (χ0v) is 11.4.